The van der Waals surface area contributed by atoms with Gasteiger partial charge in [0, 0.05) is 0 Å². The number of benzene rings is 1. The van der Waals surface area contributed by atoms with Crippen LogP contribution in [0, 0.1) is 11.3 Å². The van der Waals surface area contributed by atoms with E-state index < -0.39 is 6.36 Å². The highest BCUT2D eigenvalue weighted by atomic mass is 79.9. The molecule has 0 saturated carbocycles. The van der Waals surface area contributed by atoms with E-state index in [0.29, 0.717) is 25.9 Å². The van der Waals surface area contributed by atoms with E-state index >= 15 is 0 Å². The highest BCUT2D eigenvalue weighted by molar-refractivity contribution is 9.13. The van der Waals surface area contributed by atoms with Crippen molar-refractivity contribution in [3.8, 4) is 23.1 Å². The van der Waals surface area contributed by atoms with Crippen LogP contribution in [0.5, 0.6) is 5.75 Å². The van der Waals surface area contributed by atoms with Gasteiger partial charge in [-0.25, -0.2) is 0 Å². The van der Waals surface area contributed by atoms with E-state index in [9.17, 15) is 13.2 Å². The van der Waals surface area contributed by atoms with Crippen LogP contribution in [0.4, 0.5) is 13.2 Å². The molecule has 0 fully saturated rings. The second kappa shape index (κ2) is 5.50. The maximum Gasteiger partial charge on any atom is 0.573 e. The third kappa shape index (κ3) is 3.16. The Morgan fingerprint density at radius 3 is 2.25 bits per heavy atom. The summed E-state index contributed by atoms with van der Waals surface area (Å²) in [4.78, 5) is 2.93. The molecule has 0 atom stereocenters. The summed E-state index contributed by atoms with van der Waals surface area (Å²) in [5, 5.41) is 9.09. The first-order valence-corrected chi connectivity index (χ1v) is 6.73. The van der Waals surface area contributed by atoms with Crippen LogP contribution in [-0.4, -0.2) is 11.3 Å². The smallest absolute Gasteiger partial charge is 0.406 e. The normalized spacial score (nSPS) is 11.2. The minimum Gasteiger partial charge on any atom is -0.406 e. The summed E-state index contributed by atoms with van der Waals surface area (Å²) >= 11 is 6.47. The highest BCUT2D eigenvalue weighted by Crippen LogP contribution is 2.35. The monoisotopic (exact) mass is 408 g/mol. The van der Waals surface area contributed by atoms with Gasteiger partial charge in [0.2, 0.25) is 0 Å². The van der Waals surface area contributed by atoms with Crippen LogP contribution in [0.3, 0.4) is 0 Å². The summed E-state index contributed by atoms with van der Waals surface area (Å²) in [6.07, 6.45) is -4.72. The minimum absolute atomic E-state index is 0.315. The molecule has 1 aromatic heterocycles. The van der Waals surface area contributed by atoms with Gasteiger partial charge in [0.25, 0.3) is 0 Å². The molecule has 2 aromatic rings. The molecule has 0 saturated heterocycles. The number of nitrogens with zero attached hydrogens (tertiary/aromatic N) is 1. The average molecular weight is 410 g/mol. The molecule has 8 heteroatoms. The first kappa shape index (κ1) is 14.9. The Kier molecular flexibility index (Phi) is 4.11. The molecule has 0 bridgehead atoms. The number of aromatic nitrogens is 1. The first-order chi connectivity index (χ1) is 9.31. The van der Waals surface area contributed by atoms with Crippen molar-refractivity contribution in [1.29, 1.82) is 5.26 Å². The van der Waals surface area contributed by atoms with Gasteiger partial charge in [0.1, 0.15) is 11.8 Å². The van der Waals surface area contributed by atoms with Crippen molar-refractivity contribution in [2.24, 2.45) is 0 Å². The largest absolute Gasteiger partial charge is 0.573 e. The lowest BCUT2D eigenvalue weighted by Crippen LogP contribution is -2.16. The number of nitriles is 1. The fourth-order valence-corrected chi connectivity index (χ4v) is 2.37. The Labute approximate surface area is 128 Å². The molecule has 1 heterocycles. The summed E-state index contributed by atoms with van der Waals surface area (Å²) in [5.41, 5.74) is 1.44. The predicted molar refractivity (Wildman–Crippen MR) is 73.0 cm³/mol. The Balaban J connectivity index is 2.36. The molecule has 0 aliphatic rings. The maximum absolute atomic E-state index is 12.1. The summed E-state index contributed by atoms with van der Waals surface area (Å²) in [6.45, 7) is 0. The number of halogens is 5. The van der Waals surface area contributed by atoms with Gasteiger partial charge in [-0.2, -0.15) is 5.26 Å². The van der Waals surface area contributed by atoms with E-state index in [1.54, 1.807) is 0 Å². The lowest BCUT2D eigenvalue weighted by Gasteiger charge is -2.09. The van der Waals surface area contributed by atoms with Crippen LogP contribution in [0.1, 0.15) is 5.56 Å². The fraction of sp³-hybridized carbons (Fsp3) is 0.0833. The molecule has 0 aliphatic heterocycles. The molecule has 0 spiro atoms. The molecular formula is C12H5Br2F3N2O. The molecule has 0 unspecified atom stereocenters. The number of nitrogens with one attached hydrogen (secondary N) is 1. The average Bonchev–Trinajstić information content (AvgIpc) is 2.64. The Morgan fingerprint density at radius 1 is 1.15 bits per heavy atom. The topological polar surface area (TPSA) is 48.8 Å². The number of aromatic amines is 1. The third-order valence-corrected chi connectivity index (χ3v) is 4.31. The van der Waals surface area contributed by atoms with E-state index in [1.165, 1.54) is 24.3 Å². The van der Waals surface area contributed by atoms with Crippen LogP contribution < -0.4 is 4.74 Å². The standard InChI is InChI=1S/C12H5Br2F3N2O/c13-9-8(5-18)10(19-11(9)14)6-1-3-7(4-2-6)20-12(15,16)17/h1-4,19H. The van der Waals surface area contributed by atoms with Crippen molar-refractivity contribution in [2.45, 2.75) is 6.36 Å². The van der Waals surface area contributed by atoms with Crippen molar-refractivity contribution in [1.82, 2.24) is 4.98 Å². The molecule has 20 heavy (non-hydrogen) atoms. The predicted octanol–water partition coefficient (Wildman–Crippen LogP) is 4.98. The quantitative estimate of drug-likeness (QED) is 0.760. The molecule has 3 nitrogen and oxygen atoms in total. The molecule has 104 valence electrons. The van der Waals surface area contributed by atoms with E-state index in [1.807, 2.05) is 6.07 Å². The number of hydrogen-bond acceptors (Lipinski definition) is 2. The second-order valence-corrected chi connectivity index (χ2v) is 5.27. The zero-order valence-electron chi connectivity index (χ0n) is 9.55. The molecule has 2 rings (SSSR count). The SMILES string of the molecule is N#Cc1c(-c2ccc(OC(F)(F)F)cc2)[nH]c(Br)c1Br. The summed E-state index contributed by atoms with van der Waals surface area (Å²) in [7, 11) is 0. The minimum atomic E-state index is -4.72. The van der Waals surface area contributed by atoms with Crippen molar-refractivity contribution in [3.05, 3.63) is 38.9 Å². The van der Waals surface area contributed by atoms with E-state index in [-0.39, 0.29) is 5.75 Å². The zero-order valence-corrected chi connectivity index (χ0v) is 12.7. The van der Waals surface area contributed by atoms with Crippen molar-refractivity contribution in [2.75, 3.05) is 0 Å². The molecule has 0 aliphatic carbocycles. The van der Waals surface area contributed by atoms with Crippen LogP contribution in [0.25, 0.3) is 11.3 Å². The van der Waals surface area contributed by atoms with Gasteiger partial charge in [-0.1, -0.05) is 0 Å². The van der Waals surface area contributed by atoms with Gasteiger partial charge in [-0.15, -0.1) is 13.2 Å². The zero-order chi connectivity index (χ0) is 14.9. The maximum atomic E-state index is 12.1. The van der Waals surface area contributed by atoms with Crippen molar-refractivity contribution in [3.63, 3.8) is 0 Å². The third-order valence-electron chi connectivity index (χ3n) is 2.39. The van der Waals surface area contributed by atoms with Gasteiger partial charge in [0.15, 0.2) is 0 Å². The first-order valence-electron chi connectivity index (χ1n) is 5.15. The number of alkyl halides is 3. The lowest BCUT2D eigenvalue weighted by atomic mass is 10.1. The van der Waals surface area contributed by atoms with Gasteiger partial charge in [-0.3, -0.25) is 0 Å². The van der Waals surface area contributed by atoms with Gasteiger partial charge < -0.3 is 9.72 Å². The Bertz CT molecular complexity index is 672. The molecule has 0 amide bonds. The summed E-state index contributed by atoms with van der Waals surface area (Å²) in [6, 6.07) is 7.27. The van der Waals surface area contributed by atoms with Gasteiger partial charge >= 0.3 is 6.36 Å². The molecule has 0 radical (unpaired) electrons. The number of ether oxygens (including phenoxy) is 1. The molecule has 1 N–H and O–H groups in total. The van der Waals surface area contributed by atoms with E-state index in [4.69, 9.17) is 5.26 Å². The highest BCUT2D eigenvalue weighted by Gasteiger charge is 2.31. The molecular weight excluding hydrogens is 405 g/mol. The van der Waals surface area contributed by atoms with Crippen LogP contribution in [-0.2, 0) is 0 Å². The second-order valence-electron chi connectivity index (χ2n) is 3.69. The number of H-pyrrole nitrogens is 1. The fourth-order valence-electron chi connectivity index (χ4n) is 1.59. The van der Waals surface area contributed by atoms with Crippen LogP contribution >= 0.6 is 31.9 Å². The number of rotatable bonds is 2. The van der Waals surface area contributed by atoms with Crippen LogP contribution in [0.2, 0.25) is 0 Å². The number of hydrogen-bond donors (Lipinski definition) is 1. The lowest BCUT2D eigenvalue weighted by molar-refractivity contribution is -0.274. The summed E-state index contributed by atoms with van der Waals surface area (Å²) < 4.78 is 41.1. The van der Waals surface area contributed by atoms with E-state index in [0.717, 1.165) is 0 Å². The van der Waals surface area contributed by atoms with Gasteiger partial charge in [-0.05, 0) is 61.7 Å². The Morgan fingerprint density at radius 2 is 1.75 bits per heavy atom. The van der Waals surface area contributed by atoms with Crippen LogP contribution in [0.15, 0.2) is 33.3 Å². The summed E-state index contributed by atoms with van der Waals surface area (Å²) in [5.74, 6) is -0.315. The van der Waals surface area contributed by atoms with Crippen molar-refractivity contribution < 1.29 is 17.9 Å². The van der Waals surface area contributed by atoms with Gasteiger partial charge in [0.05, 0.1) is 20.3 Å². The van der Waals surface area contributed by atoms with E-state index in [2.05, 4.69) is 41.6 Å². The Hall–Kier alpha value is -1.46. The van der Waals surface area contributed by atoms with Crippen molar-refractivity contribution >= 4 is 31.9 Å². The molecule has 1 aromatic carbocycles.